The summed E-state index contributed by atoms with van der Waals surface area (Å²) in [7, 11) is 0. The van der Waals surface area contributed by atoms with Gasteiger partial charge in [-0.1, -0.05) is 48.5 Å². The molecule has 0 aliphatic heterocycles. The Bertz CT molecular complexity index is 565. The summed E-state index contributed by atoms with van der Waals surface area (Å²) in [4.78, 5) is 0. The first-order chi connectivity index (χ1) is 10.3. The van der Waals surface area contributed by atoms with Crippen LogP contribution in [0.1, 0.15) is 36.8 Å². The lowest BCUT2D eigenvalue weighted by molar-refractivity contribution is 0.409. The Balaban J connectivity index is 1.73. The summed E-state index contributed by atoms with van der Waals surface area (Å²) in [5.41, 5.74) is 10.1. The molecule has 3 N–H and O–H groups in total. The molecule has 2 unspecified atom stereocenters. The third-order valence-electron chi connectivity index (χ3n) is 4.33. The van der Waals surface area contributed by atoms with E-state index in [1.165, 1.54) is 36.1 Å². The molecule has 0 spiro atoms. The van der Waals surface area contributed by atoms with Crippen LogP contribution in [-0.4, -0.2) is 12.1 Å². The number of nitrogens with one attached hydrogen (secondary N) is 1. The molecule has 0 radical (unpaired) electrons. The minimum absolute atomic E-state index is 0.359. The van der Waals surface area contributed by atoms with E-state index in [4.69, 9.17) is 5.73 Å². The van der Waals surface area contributed by atoms with Gasteiger partial charge in [0.15, 0.2) is 0 Å². The first kappa shape index (κ1) is 14.2. The summed E-state index contributed by atoms with van der Waals surface area (Å²) in [6, 6.07) is 20.2. The molecule has 3 rings (SSSR count). The quantitative estimate of drug-likeness (QED) is 0.889. The predicted octanol–water partition coefficient (Wildman–Crippen LogP) is 3.96. The van der Waals surface area contributed by atoms with Crippen LogP contribution in [-0.2, 0) is 6.42 Å². The highest BCUT2D eigenvalue weighted by Gasteiger charge is 2.19. The highest BCUT2D eigenvalue weighted by atomic mass is 14.9. The number of hydrogen-bond acceptors (Lipinski definition) is 2. The Labute approximate surface area is 127 Å². The van der Waals surface area contributed by atoms with Crippen molar-refractivity contribution in [1.29, 1.82) is 0 Å². The molecule has 0 amide bonds. The molecule has 0 heterocycles. The molecule has 0 aromatic heterocycles. The van der Waals surface area contributed by atoms with Gasteiger partial charge in [0.1, 0.15) is 0 Å². The van der Waals surface area contributed by atoms with E-state index < -0.39 is 0 Å². The summed E-state index contributed by atoms with van der Waals surface area (Å²) < 4.78 is 0. The summed E-state index contributed by atoms with van der Waals surface area (Å²) >= 11 is 0. The number of rotatable bonds is 4. The largest absolute Gasteiger partial charge is 0.382 e. The molecular weight excluding hydrogens is 256 g/mol. The summed E-state index contributed by atoms with van der Waals surface area (Å²) in [6.45, 7) is 0. The van der Waals surface area contributed by atoms with Crippen molar-refractivity contribution in [2.24, 2.45) is 5.73 Å². The lowest BCUT2D eigenvalue weighted by Gasteiger charge is -2.29. The zero-order chi connectivity index (χ0) is 14.5. The van der Waals surface area contributed by atoms with Crippen LogP contribution in [0.3, 0.4) is 0 Å². The molecule has 1 aliphatic carbocycles. The first-order valence-corrected chi connectivity index (χ1v) is 7.95. The number of nitrogens with two attached hydrogens (primary N) is 1. The van der Waals surface area contributed by atoms with Crippen LogP contribution in [0.5, 0.6) is 0 Å². The van der Waals surface area contributed by atoms with E-state index in [0.29, 0.717) is 12.1 Å². The van der Waals surface area contributed by atoms with Gasteiger partial charge in [0.25, 0.3) is 0 Å². The highest BCUT2D eigenvalue weighted by Crippen LogP contribution is 2.25. The molecule has 0 bridgehead atoms. The Morgan fingerprint density at radius 1 is 0.952 bits per heavy atom. The van der Waals surface area contributed by atoms with Gasteiger partial charge in [-0.05, 0) is 49.3 Å². The van der Waals surface area contributed by atoms with Gasteiger partial charge in [0, 0.05) is 17.8 Å². The summed E-state index contributed by atoms with van der Waals surface area (Å²) in [5.74, 6) is 0. The second-order valence-corrected chi connectivity index (χ2v) is 6.09. The van der Waals surface area contributed by atoms with Gasteiger partial charge in [-0.25, -0.2) is 0 Å². The maximum absolute atomic E-state index is 6.10. The molecular formula is C19H24N2. The third-order valence-corrected chi connectivity index (χ3v) is 4.33. The molecule has 21 heavy (non-hydrogen) atoms. The maximum atomic E-state index is 6.10. The average Bonchev–Trinajstić information content (AvgIpc) is 2.50. The van der Waals surface area contributed by atoms with E-state index in [0.717, 1.165) is 12.8 Å². The van der Waals surface area contributed by atoms with Gasteiger partial charge in [0.2, 0.25) is 0 Å². The lowest BCUT2D eigenvalue weighted by Crippen LogP contribution is -2.35. The Morgan fingerprint density at radius 3 is 2.52 bits per heavy atom. The molecule has 1 saturated carbocycles. The molecule has 1 aliphatic rings. The fraction of sp³-hybridized carbons (Fsp3) is 0.368. The van der Waals surface area contributed by atoms with Gasteiger partial charge in [-0.2, -0.15) is 0 Å². The molecule has 1 fully saturated rings. The number of hydrogen-bond donors (Lipinski definition) is 2. The minimum atomic E-state index is 0.359. The molecule has 2 atom stereocenters. The van der Waals surface area contributed by atoms with E-state index in [9.17, 15) is 0 Å². The topological polar surface area (TPSA) is 38.0 Å². The van der Waals surface area contributed by atoms with Crippen molar-refractivity contribution >= 4 is 5.69 Å². The maximum Gasteiger partial charge on any atom is 0.0378 e. The van der Waals surface area contributed by atoms with E-state index in [2.05, 4.69) is 59.9 Å². The standard InChI is InChI=1S/C19H24N2/c20-17-10-6-11-18(14-17)21-19-12-5-4-9-16(19)13-15-7-2-1-3-8-15/h1-5,7-9,12,17-18,21H,6,10-11,13-14,20H2. The second-order valence-electron chi connectivity index (χ2n) is 6.09. The Kier molecular flexibility index (Phi) is 4.56. The first-order valence-electron chi connectivity index (χ1n) is 7.95. The van der Waals surface area contributed by atoms with Crippen LogP contribution in [0.2, 0.25) is 0 Å². The van der Waals surface area contributed by atoms with Crippen molar-refractivity contribution in [2.75, 3.05) is 5.32 Å². The average molecular weight is 280 g/mol. The molecule has 0 saturated heterocycles. The van der Waals surface area contributed by atoms with Crippen molar-refractivity contribution in [2.45, 2.75) is 44.2 Å². The highest BCUT2D eigenvalue weighted by molar-refractivity contribution is 5.53. The van der Waals surface area contributed by atoms with Crippen LogP contribution in [0.4, 0.5) is 5.69 Å². The fourth-order valence-corrected chi connectivity index (χ4v) is 3.21. The second kappa shape index (κ2) is 6.77. The Hall–Kier alpha value is -1.80. The van der Waals surface area contributed by atoms with E-state index in [-0.39, 0.29) is 0 Å². The molecule has 2 heteroatoms. The zero-order valence-corrected chi connectivity index (χ0v) is 12.5. The van der Waals surface area contributed by atoms with Crippen molar-refractivity contribution in [3.63, 3.8) is 0 Å². The van der Waals surface area contributed by atoms with Gasteiger partial charge < -0.3 is 11.1 Å². The van der Waals surface area contributed by atoms with E-state index in [1.807, 2.05) is 0 Å². The van der Waals surface area contributed by atoms with Gasteiger partial charge in [0.05, 0.1) is 0 Å². The Morgan fingerprint density at radius 2 is 1.71 bits per heavy atom. The van der Waals surface area contributed by atoms with Crippen molar-refractivity contribution in [3.8, 4) is 0 Å². The third kappa shape index (κ3) is 3.85. The zero-order valence-electron chi connectivity index (χ0n) is 12.5. The molecule has 2 aromatic rings. The van der Waals surface area contributed by atoms with Crippen LogP contribution in [0.25, 0.3) is 0 Å². The van der Waals surface area contributed by atoms with Crippen LogP contribution >= 0.6 is 0 Å². The number of para-hydroxylation sites is 1. The molecule has 2 aromatic carbocycles. The molecule has 110 valence electrons. The van der Waals surface area contributed by atoms with Crippen LogP contribution in [0, 0.1) is 0 Å². The monoisotopic (exact) mass is 280 g/mol. The van der Waals surface area contributed by atoms with Crippen molar-refractivity contribution in [3.05, 3.63) is 65.7 Å². The normalized spacial score (nSPS) is 22.0. The SMILES string of the molecule is NC1CCCC(Nc2ccccc2Cc2ccccc2)C1. The number of anilines is 1. The minimum Gasteiger partial charge on any atom is -0.382 e. The van der Waals surface area contributed by atoms with Crippen molar-refractivity contribution < 1.29 is 0 Å². The van der Waals surface area contributed by atoms with E-state index in [1.54, 1.807) is 0 Å². The van der Waals surface area contributed by atoms with Gasteiger partial charge in [-0.3, -0.25) is 0 Å². The summed E-state index contributed by atoms with van der Waals surface area (Å²) in [5, 5.41) is 3.72. The fourth-order valence-electron chi connectivity index (χ4n) is 3.21. The van der Waals surface area contributed by atoms with Gasteiger partial charge in [-0.15, -0.1) is 0 Å². The lowest BCUT2D eigenvalue weighted by atomic mass is 9.91. The van der Waals surface area contributed by atoms with E-state index >= 15 is 0 Å². The molecule has 2 nitrogen and oxygen atoms in total. The van der Waals surface area contributed by atoms with Crippen LogP contribution < -0.4 is 11.1 Å². The smallest absolute Gasteiger partial charge is 0.0378 e. The summed E-state index contributed by atoms with van der Waals surface area (Å²) in [6.07, 6.45) is 5.69. The van der Waals surface area contributed by atoms with Crippen molar-refractivity contribution in [1.82, 2.24) is 0 Å². The van der Waals surface area contributed by atoms with Crippen LogP contribution in [0.15, 0.2) is 54.6 Å². The van der Waals surface area contributed by atoms with Gasteiger partial charge >= 0.3 is 0 Å². The predicted molar refractivity (Wildman–Crippen MR) is 89.5 cm³/mol. The number of benzene rings is 2.